The molecule has 1 N–H and O–H groups in total. The van der Waals surface area contributed by atoms with Crippen molar-refractivity contribution in [3.63, 3.8) is 0 Å². The number of furan rings is 1. The molecule has 0 unspecified atom stereocenters. The van der Waals surface area contributed by atoms with Gasteiger partial charge in [0.25, 0.3) is 0 Å². The Kier molecular flexibility index (Phi) is 5.40. The molecule has 154 valence electrons. The van der Waals surface area contributed by atoms with Crippen LogP contribution in [0, 0.1) is 0 Å². The first kappa shape index (κ1) is 20.1. The molecule has 2 atom stereocenters. The van der Waals surface area contributed by atoms with Crippen molar-refractivity contribution in [2.75, 3.05) is 4.90 Å². The number of hydrogen-bond donors (Lipinski definition) is 1. The Hall–Kier alpha value is -2.86. The van der Waals surface area contributed by atoms with Crippen molar-refractivity contribution < 1.29 is 4.42 Å². The fourth-order valence-electron chi connectivity index (χ4n) is 3.86. The molecule has 1 fully saturated rings. The number of benzene rings is 2. The summed E-state index contributed by atoms with van der Waals surface area (Å²) in [6, 6.07) is 24.7. The van der Waals surface area contributed by atoms with Gasteiger partial charge in [0.2, 0.25) is 0 Å². The van der Waals surface area contributed by atoms with Crippen molar-refractivity contribution in [3.05, 3.63) is 107 Å². The standard InChI is InChI=1S/C24H17Cl2N3OS/c25-15-9-10-17(18(26)14-15)20-11-12-21(30-20)23-22(19-8-4-5-13-27-19)28-24(31)29(23)16-6-2-1-3-7-16/h1-14,22-23H,(H,28,31)/t22-,23-/m0/s1. The normalized spacial score (nSPS) is 18.3. The molecule has 5 rings (SSSR count). The average molecular weight is 466 g/mol. The van der Waals surface area contributed by atoms with E-state index in [2.05, 4.69) is 15.2 Å². The van der Waals surface area contributed by atoms with Crippen LogP contribution in [-0.4, -0.2) is 10.1 Å². The Morgan fingerprint density at radius 1 is 0.935 bits per heavy atom. The highest BCUT2D eigenvalue weighted by Gasteiger charge is 2.42. The minimum Gasteiger partial charge on any atom is -0.459 e. The molecule has 0 aliphatic carbocycles. The summed E-state index contributed by atoms with van der Waals surface area (Å²) in [5.41, 5.74) is 2.65. The van der Waals surface area contributed by atoms with E-state index in [0.29, 0.717) is 20.9 Å². The van der Waals surface area contributed by atoms with E-state index in [9.17, 15) is 0 Å². The number of thiocarbonyl (C=S) groups is 1. The monoisotopic (exact) mass is 465 g/mol. The van der Waals surface area contributed by atoms with Gasteiger partial charge in [-0.2, -0.15) is 0 Å². The highest BCUT2D eigenvalue weighted by molar-refractivity contribution is 7.80. The second kappa shape index (κ2) is 8.35. The lowest BCUT2D eigenvalue weighted by Gasteiger charge is -2.26. The third-order valence-corrected chi connectivity index (χ3v) is 6.11. The Balaban J connectivity index is 1.60. The fourth-order valence-corrected chi connectivity index (χ4v) is 4.70. The van der Waals surface area contributed by atoms with E-state index in [0.717, 1.165) is 22.7 Å². The number of pyridine rings is 1. The molecule has 1 aliphatic rings. The van der Waals surface area contributed by atoms with Crippen LogP contribution >= 0.6 is 35.4 Å². The molecular formula is C24H17Cl2N3OS. The average Bonchev–Trinajstić information content (AvgIpc) is 3.39. The quantitative estimate of drug-likeness (QED) is 0.334. The summed E-state index contributed by atoms with van der Waals surface area (Å²) in [4.78, 5) is 6.63. The highest BCUT2D eigenvalue weighted by Crippen LogP contribution is 2.43. The third kappa shape index (κ3) is 3.81. The highest BCUT2D eigenvalue weighted by atomic mass is 35.5. The van der Waals surface area contributed by atoms with Crippen LogP contribution in [0.3, 0.4) is 0 Å². The van der Waals surface area contributed by atoms with Gasteiger partial charge in [-0.3, -0.25) is 4.98 Å². The van der Waals surface area contributed by atoms with Crippen LogP contribution in [-0.2, 0) is 0 Å². The molecule has 2 aromatic carbocycles. The summed E-state index contributed by atoms with van der Waals surface area (Å²) in [7, 11) is 0. The molecule has 31 heavy (non-hydrogen) atoms. The lowest BCUT2D eigenvalue weighted by molar-refractivity contribution is 0.439. The van der Waals surface area contributed by atoms with Crippen LogP contribution < -0.4 is 10.2 Å². The molecule has 0 saturated carbocycles. The van der Waals surface area contributed by atoms with Gasteiger partial charge in [0.1, 0.15) is 17.6 Å². The number of nitrogens with one attached hydrogen (secondary N) is 1. The SMILES string of the molecule is S=C1N[C@@H](c2ccccn2)[C@H](c2ccc(-c3ccc(Cl)cc3Cl)o2)N1c1ccccc1. The van der Waals surface area contributed by atoms with Gasteiger partial charge in [-0.15, -0.1) is 0 Å². The summed E-state index contributed by atoms with van der Waals surface area (Å²) in [5, 5.41) is 5.16. The number of halogens is 2. The second-order valence-electron chi connectivity index (χ2n) is 7.16. The van der Waals surface area contributed by atoms with E-state index in [1.165, 1.54) is 0 Å². The minimum atomic E-state index is -0.218. The van der Waals surface area contributed by atoms with Gasteiger partial charge in [0, 0.05) is 22.5 Å². The zero-order valence-corrected chi connectivity index (χ0v) is 18.5. The summed E-state index contributed by atoms with van der Waals surface area (Å²) < 4.78 is 6.33. The Bertz CT molecular complexity index is 1230. The maximum Gasteiger partial charge on any atom is 0.174 e. The van der Waals surface area contributed by atoms with Crippen LogP contribution in [0.5, 0.6) is 0 Å². The number of para-hydroxylation sites is 1. The summed E-state index contributed by atoms with van der Waals surface area (Å²) >= 11 is 18.2. The molecule has 0 amide bonds. The fraction of sp³-hybridized carbons (Fsp3) is 0.0833. The van der Waals surface area contributed by atoms with Gasteiger partial charge >= 0.3 is 0 Å². The molecule has 7 heteroatoms. The molecular weight excluding hydrogens is 449 g/mol. The first-order chi connectivity index (χ1) is 15.1. The largest absolute Gasteiger partial charge is 0.459 e. The third-order valence-electron chi connectivity index (χ3n) is 5.25. The molecule has 1 saturated heterocycles. The van der Waals surface area contributed by atoms with Crippen molar-refractivity contribution in [2.45, 2.75) is 12.1 Å². The van der Waals surface area contributed by atoms with Crippen molar-refractivity contribution >= 4 is 46.2 Å². The molecule has 4 aromatic rings. The predicted octanol–water partition coefficient (Wildman–Crippen LogP) is 6.83. The van der Waals surface area contributed by atoms with E-state index < -0.39 is 0 Å². The van der Waals surface area contributed by atoms with Crippen molar-refractivity contribution in [3.8, 4) is 11.3 Å². The molecule has 1 aliphatic heterocycles. The summed E-state index contributed by atoms with van der Waals surface area (Å²) in [5.74, 6) is 1.43. The Morgan fingerprint density at radius 2 is 1.74 bits per heavy atom. The van der Waals surface area contributed by atoms with Crippen LogP contribution in [0.1, 0.15) is 23.5 Å². The van der Waals surface area contributed by atoms with E-state index in [1.807, 2.05) is 66.7 Å². The Labute approximate surface area is 195 Å². The number of aromatic nitrogens is 1. The van der Waals surface area contributed by atoms with E-state index in [1.54, 1.807) is 18.3 Å². The zero-order chi connectivity index (χ0) is 21.4. The van der Waals surface area contributed by atoms with Crippen molar-refractivity contribution in [1.82, 2.24) is 10.3 Å². The van der Waals surface area contributed by atoms with Crippen LogP contribution in [0.15, 0.2) is 89.5 Å². The summed E-state index contributed by atoms with van der Waals surface area (Å²) in [6.45, 7) is 0. The molecule has 4 nitrogen and oxygen atoms in total. The first-order valence-electron chi connectivity index (χ1n) is 9.72. The van der Waals surface area contributed by atoms with Gasteiger partial charge in [0.05, 0.1) is 16.8 Å². The van der Waals surface area contributed by atoms with Gasteiger partial charge in [-0.1, -0.05) is 47.5 Å². The topological polar surface area (TPSA) is 41.3 Å². The lowest BCUT2D eigenvalue weighted by atomic mass is 10.0. The molecule has 0 spiro atoms. The Morgan fingerprint density at radius 3 is 2.48 bits per heavy atom. The zero-order valence-electron chi connectivity index (χ0n) is 16.2. The predicted molar refractivity (Wildman–Crippen MR) is 129 cm³/mol. The van der Waals surface area contributed by atoms with Crippen molar-refractivity contribution in [2.24, 2.45) is 0 Å². The maximum absolute atomic E-state index is 6.41. The van der Waals surface area contributed by atoms with Crippen LogP contribution in [0.25, 0.3) is 11.3 Å². The summed E-state index contributed by atoms with van der Waals surface area (Å²) in [6.07, 6.45) is 1.78. The molecule has 2 aromatic heterocycles. The van der Waals surface area contributed by atoms with Crippen LogP contribution in [0.2, 0.25) is 10.0 Å². The molecule has 0 bridgehead atoms. The number of hydrogen-bond acceptors (Lipinski definition) is 3. The second-order valence-corrected chi connectivity index (χ2v) is 8.39. The maximum atomic E-state index is 6.41. The smallest absolute Gasteiger partial charge is 0.174 e. The minimum absolute atomic E-state index is 0.173. The van der Waals surface area contributed by atoms with E-state index in [4.69, 9.17) is 39.8 Å². The molecule has 0 radical (unpaired) electrons. The van der Waals surface area contributed by atoms with Crippen LogP contribution in [0.4, 0.5) is 5.69 Å². The lowest BCUT2D eigenvalue weighted by Crippen LogP contribution is -2.29. The molecule has 3 heterocycles. The number of anilines is 1. The van der Waals surface area contributed by atoms with Gasteiger partial charge in [-0.05, 0) is 66.8 Å². The van der Waals surface area contributed by atoms with E-state index in [-0.39, 0.29) is 12.1 Å². The van der Waals surface area contributed by atoms with Crippen molar-refractivity contribution in [1.29, 1.82) is 0 Å². The van der Waals surface area contributed by atoms with E-state index >= 15 is 0 Å². The first-order valence-corrected chi connectivity index (χ1v) is 10.9. The van der Waals surface area contributed by atoms with Gasteiger partial charge < -0.3 is 14.6 Å². The number of nitrogens with zero attached hydrogens (tertiary/aromatic N) is 2. The van der Waals surface area contributed by atoms with Gasteiger partial charge in [0.15, 0.2) is 5.11 Å². The van der Waals surface area contributed by atoms with Gasteiger partial charge in [-0.25, -0.2) is 0 Å². The number of rotatable bonds is 4.